The number of hydrogen-bond donors (Lipinski definition) is 1. The summed E-state index contributed by atoms with van der Waals surface area (Å²) in [5, 5.41) is 3.22. The Morgan fingerprint density at radius 2 is 1.82 bits per heavy atom. The predicted octanol–water partition coefficient (Wildman–Crippen LogP) is 4.40. The van der Waals surface area contributed by atoms with Crippen molar-refractivity contribution in [2.75, 3.05) is 39.8 Å². The van der Waals surface area contributed by atoms with E-state index in [1.54, 1.807) is 4.90 Å². The summed E-state index contributed by atoms with van der Waals surface area (Å²) in [6, 6.07) is 12.2. The lowest BCUT2D eigenvalue weighted by molar-refractivity contribution is -0.118. The molecule has 2 aromatic carbocycles. The number of ether oxygens (including phenoxy) is 1. The van der Waals surface area contributed by atoms with Gasteiger partial charge in [0.05, 0.1) is 29.7 Å². The summed E-state index contributed by atoms with van der Waals surface area (Å²) in [6.45, 7) is 7.23. The van der Waals surface area contributed by atoms with E-state index in [9.17, 15) is 18.0 Å². The zero-order valence-corrected chi connectivity index (χ0v) is 24.9. The first-order valence-electron chi connectivity index (χ1n) is 12.6. The van der Waals surface area contributed by atoms with Crippen LogP contribution < -0.4 is 5.32 Å². The van der Waals surface area contributed by atoms with Gasteiger partial charge in [-0.25, -0.2) is 17.5 Å². The smallest absolute Gasteiger partial charge is 0.416 e. The lowest BCUT2D eigenvalue weighted by Gasteiger charge is -2.25. The Morgan fingerprint density at radius 3 is 2.49 bits per heavy atom. The molecule has 0 unspecified atom stereocenters. The zero-order valence-electron chi connectivity index (χ0n) is 22.5. The number of aliphatic imine (C=N–C) groups is 1. The van der Waals surface area contributed by atoms with Crippen molar-refractivity contribution in [1.29, 1.82) is 0 Å². The third kappa shape index (κ3) is 8.49. The van der Waals surface area contributed by atoms with Gasteiger partial charge in [-0.1, -0.05) is 53.5 Å². The second kappa shape index (κ2) is 13.2. The molecule has 0 radical (unpaired) electrons. The number of sulfonamides is 1. The number of Topliss-reactive ketones (excluding diaryl/α,β-unsaturated/α-hetero) is 1. The SMILES string of the molecule is CN(CCC(=O)CNCCc1ccc(C2=NCCN2C(=O)OC(C)(C)C)cc1)S(=O)(=O)c1cccc(Cl)c1Cl. The van der Waals surface area contributed by atoms with Crippen LogP contribution in [0.4, 0.5) is 4.79 Å². The molecule has 1 aliphatic heterocycles. The van der Waals surface area contributed by atoms with Gasteiger partial charge in [0, 0.05) is 25.6 Å². The van der Waals surface area contributed by atoms with Crippen LogP contribution in [0, 0.1) is 0 Å². The minimum absolute atomic E-state index is 0.0251. The largest absolute Gasteiger partial charge is 0.443 e. The number of amidine groups is 1. The molecule has 1 N–H and O–H groups in total. The summed E-state index contributed by atoms with van der Waals surface area (Å²) in [4.78, 5) is 30.8. The molecule has 12 heteroatoms. The molecule has 0 aromatic heterocycles. The fraction of sp³-hybridized carbons (Fsp3) is 0.444. The quantitative estimate of drug-likeness (QED) is 0.385. The molecule has 9 nitrogen and oxygen atoms in total. The third-order valence-corrected chi connectivity index (χ3v) is 8.72. The van der Waals surface area contributed by atoms with Crippen LogP contribution >= 0.6 is 23.2 Å². The highest BCUT2D eigenvalue weighted by atomic mass is 35.5. The molecule has 0 fully saturated rings. The second-order valence-corrected chi connectivity index (χ2v) is 12.9. The van der Waals surface area contributed by atoms with Crippen LogP contribution in [0.15, 0.2) is 52.4 Å². The van der Waals surface area contributed by atoms with Gasteiger partial charge in [0.15, 0.2) is 0 Å². The van der Waals surface area contributed by atoms with Gasteiger partial charge in [0.25, 0.3) is 0 Å². The van der Waals surface area contributed by atoms with Crippen LogP contribution in [-0.4, -0.2) is 80.7 Å². The molecule has 0 aliphatic carbocycles. The summed E-state index contributed by atoms with van der Waals surface area (Å²) < 4.78 is 32.1. The lowest BCUT2D eigenvalue weighted by atomic mass is 10.1. The van der Waals surface area contributed by atoms with E-state index < -0.39 is 21.7 Å². The normalized spacial score (nSPS) is 14.0. The molecule has 0 spiro atoms. The first-order chi connectivity index (χ1) is 18.3. The highest BCUT2D eigenvalue weighted by Gasteiger charge is 2.29. The number of carbonyl (C=O) groups excluding carboxylic acids is 2. The number of amides is 1. The highest BCUT2D eigenvalue weighted by Crippen LogP contribution is 2.30. The monoisotopic (exact) mass is 596 g/mol. The van der Waals surface area contributed by atoms with Crippen molar-refractivity contribution in [3.05, 3.63) is 63.6 Å². The van der Waals surface area contributed by atoms with Crippen LogP contribution in [0.3, 0.4) is 0 Å². The maximum atomic E-state index is 12.8. The first-order valence-corrected chi connectivity index (χ1v) is 14.8. The van der Waals surface area contributed by atoms with Crippen molar-refractivity contribution in [3.63, 3.8) is 0 Å². The molecule has 2 aromatic rings. The standard InChI is InChI=1S/C27H34Cl2N4O5S/c1-27(2,3)38-26(35)33-17-15-31-25(33)20-10-8-19(9-11-20)12-14-30-18-21(34)13-16-32(4)39(36,37)23-7-5-6-22(28)24(23)29/h5-11,30H,12-18H2,1-4H3. The topological polar surface area (TPSA) is 108 Å². The van der Waals surface area contributed by atoms with Crippen molar-refractivity contribution in [2.24, 2.45) is 4.99 Å². The average Bonchev–Trinajstić information content (AvgIpc) is 3.36. The molecule has 39 heavy (non-hydrogen) atoms. The van der Waals surface area contributed by atoms with Crippen LogP contribution in [0.25, 0.3) is 0 Å². The van der Waals surface area contributed by atoms with E-state index in [1.807, 2.05) is 45.0 Å². The van der Waals surface area contributed by atoms with E-state index in [-0.39, 0.29) is 40.2 Å². The number of nitrogens with one attached hydrogen (secondary N) is 1. The maximum absolute atomic E-state index is 12.8. The van der Waals surface area contributed by atoms with E-state index in [0.717, 1.165) is 15.4 Å². The highest BCUT2D eigenvalue weighted by molar-refractivity contribution is 7.89. The molecule has 1 aliphatic rings. The minimum Gasteiger partial charge on any atom is -0.443 e. The van der Waals surface area contributed by atoms with Crippen LogP contribution in [-0.2, 0) is 26.0 Å². The Morgan fingerprint density at radius 1 is 1.13 bits per heavy atom. The fourth-order valence-corrected chi connectivity index (χ4v) is 5.72. The molecule has 3 rings (SSSR count). The Kier molecular flexibility index (Phi) is 10.5. The van der Waals surface area contributed by atoms with Gasteiger partial charge in [-0.05, 0) is 51.4 Å². The summed E-state index contributed by atoms with van der Waals surface area (Å²) in [6.07, 6.45) is 0.345. The Bertz CT molecular complexity index is 1320. The van der Waals surface area contributed by atoms with Crippen LogP contribution in [0.1, 0.15) is 38.3 Å². The van der Waals surface area contributed by atoms with Gasteiger partial charge in [-0.15, -0.1) is 0 Å². The number of carbonyl (C=O) groups is 2. The second-order valence-electron chi connectivity index (χ2n) is 10.1. The Hall–Kier alpha value is -2.50. The molecule has 1 heterocycles. The summed E-state index contributed by atoms with van der Waals surface area (Å²) >= 11 is 12.0. The lowest BCUT2D eigenvalue weighted by Crippen LogP contribution is -2.39. The number of ketones is 1. The van der Waals surface area contributed by atoms with Gasteiger partial charge in [0.2, 0.25) is 10.0 Å². The number of halogens is 2. The Balaban J connectivity index is 1.43. The molecular formula is C27H34Cl2N4O5S. The number of nitrogens with zero attached hydrogens (tertiary/aromatic N) is 3. The van der Waals surface area contributed by atoms with Crippen molar-refractivity contribution < 1.29 is 22.7 Å². The van der Waals surface area contributed by atoms with Crippen LogP contribution in [0.5, 0.6) is 0 Å². The van der Waals surface area contributed by atoms with Crippen molar-refractivity contribution >= 4 is 50.9 Å². The predicted molar refractivity (Wildman–Crippen MR) is 153 cm³/mol. The average molecular weight is 598 g/mol. The van der Waals surface area contributed by atoms with E-state index in [1.165, 1.54) is 25.2 Å². The minimum atomic E-state index is -3.87. The van der Waals surface area contributed by atoms with Crippen molar-refractivity contribution in [3.8, 4) is 0 Å². The molecular weight excluding hydrogens is 563 g/mol. The molecule has 0 saturated heterocycles. The Labute approximate surface area is 240 Å². The fourth-order valence-electron chi connectivity index (χ4n) is 3.81. The molecule has 0 saturated carbocycles. The van der Waals surface area contributed by atoms with E-state index >= 15 is 0 Å². The van der Waals surface area contributed by atoms with Gasteiger partial charge >= 0.3 is 6.09 Å². The summed E-state index contributed by atoms with van der Waals surface area (Å²) in [5.41, 5.74) is 1.32. The number of hydrogen-bond acceptors (Lipinski definition) is 7. The van der Waals surface area contributed by atoms with E-state index in [0.29, 0.717) is 31.9 Å². The molecule has 1 amide bonds. The summed E-state index contributed by atoms with van der Waals surface area (Å²) in [5.74, 6) is 0.496. The summed E-state index contributed by atoms with van der Waals surface area (Å²) in [7, 11) is -2.46. The van der Waals surface area contributed by atoms with E-state index in [4.69, 9.17) is 27.9 Å². The van der Waals surface area contributed by atoms with Crippen molar-refractivity contribution in [1.82, 2.24) is 14.5 Å². The maximum Gasteiger partial charge on any atom is 0.416 e. The molecule has 0 atom stereocenters. The van der Waals surface area contributed by atoms with E-state index in [2.05, 4.69) is 10.3 Å². The number of benzene rings is 2. The van der Waals surface area contributed by atoms with Gasteiger partial charge in [-0.3, -0.25) is 14.7 Å². The van der Waals surface area contributed by atoms with Crippen LogP contribution in [0.2, 0.25) is 10.0 Å². The third-order valence-electron chi connectivity index (χ3n) is 5.89. The number of rotatable bonds is 11. The van der Waals surface area contributed by atoms with Gasteiger partial charge in [-0.2, -0.15) is 0 Å². The molecule has 0 bridgehead atoms. The molecule has 212 valence electrons. The van der Waals surface area contributed by atoms with Gasteiger partial charge in [0.1, 0.15) is 22.1 Å². The zero-order chi connectivity index (χ0) is 28.8. The first kappa shape index (κ1) is 31.0. The van der Waals surface area contributed by atoms with Crippen molar-refractivity contribution in [2.45, 2.75) is 44.1 Å². The van der Waals surface area contributed by atoms with Gasteiger partial charge < -0.3 is 10.1 Å².